The van der Waals surface area contributed by atoms with Crippen LogP contribution in [0.15, 0.2) is 90.6 Å². The van der Waals surface area contributed by atoms with E-state index in [1.165, 1.54) is 24.3 Å². The van der Waals surface area contributed by atoms with E-state index >= 15 is 0 Å². The van der Waals surface area contributed by atoms with Gasteiger partial charge in [0.2, 0.25) is 0 Å². The fourth-order valence-corrected chi connectivity index (χ4v) is 3.12. The van der Waals surface area contributed by atoms with Crippen molar-refractivity contribution in [3.8, 4) is 0 Å². The minimum atomic E-state index is -0.362. The molecule has 0 spiro atoms. The number of carbonyl (C=O) groups excluding carboxylic acids is 1. The lowest BCUT2D eigenvalue weighted by Gasteiger charge is -2.25. The number of nitrogens with one attached hydrogen (secondary N) is 1. The third-order valence-electron chi connectivity index (χ3n) is 4.42. The van der Waals surface area contributed by atoms with Crippen LogP contribution in [0.4, 0.5) is 20.2 Å². The van der Waals surface area contributed by atoms with Gasteiger partial charge in [-0.25, -0.2) is 8.78 Å². The Morgan fingerprint density at radius 3 is 2.00 bits per heavy atom. The molecule has 0 aromatic heterocycles. The van der Waals surface area contributed by atoms with Gasteiger partial charge in [-0.15, -0.1) is 0 Å². The Morgan fingerprint density at radius 1 is 0.778 bits per heavy atom. The second kappa shape index (κ2) is 7.03. The van der Waals surface area contributed by atoms with Crippen molar-refractivity contribution in [2.45, 2.75) is 6.04 Å². The molecule has 1 aliphatic heterocycles. The van der Waals surface area contributed by atoms with Crippen molar-refractivity contribution in [3.05, 3.63) is 108 Å². The number of carbonyl (C=O) groups is 1. The molecule has 1 atom stereocenters. The SMILES string of the molecule is O=C1C(Nc2ccc(F)cc2)=C[C@H](c2ccccc2)N1c1ccc(F)cc1. The van der Waals surface area contributed by atoms with E-state index in [0.717, 1.165) is 5.56 Å². The largest absolute Gasteiger partial charge is 0.351 e. The van der Waals surface area contributed by atoms with Crippen molar-refractivity contribution in [1.82, 2.24) is 0 Å². The molecule has 3 nitrogen and oxygen atoms in total. The van der Waals surface area contributed by atoms with Crippen LogP contribution in [-0.2, 0) is 4.79 Å². The van der Waals surface area contributed by atoms with Crippen LogP contribution < -0.4 is 10.2 Å². The Labute approximate surface area is 155 Å². The molecule has 134 valence electrons. The Kier molecular flexibility index (Phi) is 4.42. The predicted molar refractivity (Wildman–Crippen MR) is 101 cm³/mol. The molecule has 1 amide bonds. The predicted octanol–water partition coefficient (Wildman–Crippen LogP) is 5.05. The Morgan fingerprint density at radius 2 is 1.37 bits per heavy atom. The molecule has 3 aromatic rings. The molecule has 0 bridgehead atoms. The van der Waals surface area contributed by atoms with Crippen molar-refractivity contribution in [2.75, 3.05) is 10.2 Å². The molecule has 0 radical (unpaired) electrons. The summed E-state index contributed by atoms with van der Waals surface area (Å²) in [6, 6.07) is 20.9. The highest BCUT2D eigenvalue weighted by Crippen LogP contribution is 2.36. The molecule has 1 N–H and O–H groups in total. The van der Waals surface area contributed by atoms with Crippen LogP contribution in [0.2, 0.25) is 0 Å². The van der Waals surface area contributed by atoms with Crippen molar-refractivity contribution in [3.63, 3.8) is 0 Å². The number of benzene rings is 3. The molecule has 27 heavy (non-hydrogen) atoms. The van der Waals surface area contributed by atoms with E-state index in [4.69, 9.17) is 0 Å². The van der Waals surface area contributed by atoms with Crippen LogP contribution in [-0.4, -0.2) is 5.91 Å². The van der Waals surface area contributed by atoms with Gasteiger partial charge in [0.15, 0.2) is 0 Å². The fraction of sp³-hybridized carbons (Fsp3) is 0.0455. The average Bonchev–Trinajstić information content (AvgIpc) is 3.01. The maximum Gasteiger partial charge on any atom is 0.275 e. The van der Waals surface area contributed by atoms with Crippen LogP contribution in [0, 0.1) is 11.6 Å². The van der Waals surface area contributed by atoms with E-state index in [2.05, 4.69) is 5.32 Å². The average molecular weight is 362 g/mol. The highest BCUT2D eigenvalue weighted by atomic mass is 19.1. The number of halogens is 2. The molecular formula is C22H16F2N2O. The summed E-state index contributed by atoms with van der Waals surface area (Å²) in [5, 5.41) is 3.06. The van der Waals surface area contributed by atoms with Gasteiger partial charge in [-0.2, -0.15) is 0 Å². The first kappa shape index (κ1) is 17.0. The van der Waals surface area contributed by atoms with E-state index in [1.807, 2.05) is 36.4 Å². The topological polar surface area (TPSA) is 32.3 Å². The molecular weight excluding hydrogens is 346 g/mol. The number of hydrogen-bond donors (Lipinski definition) is 1. The number of amides is 1. The van der Waals surface area contributed by atoms with Crippen LogP contribution in [0.3, 0.4) is 0 Å². The maximum atomic E-state index is 13.3. The summed E-state index contributed by atoms with van der Waals surface area (Å²) < 4.78 is 26.5. The summed E-state index contributed by atoms with van der Waals surface area (Å²) in [5.74, 6) is -0.943. The Bertz CT molecular complexity index is 983. The van der Waals surface area contributed by atoms with E-state index in [1.54, 1.807) is 29.2 Å². The monoisotopic (exact) mass is 362 g/mol. The number of nitrogens with zero attached hydrogens (tertiary/aromatic N) is 1. The van der Waals surface area contributed by atoms with Gasteiger partial charge in [-0.1, -0.05) is 30.3 Å². The van der Waals surface area contributed by atoms with Gasteiger partial charge in [0, 0.05) is 11.4 Å². The molecule has 3 aromatic carbocycles. The minimum Gasteiger partial charge on any atom is -0.351 e. The summed E-state index contributed by atoms with van der Waals surface area (Å²) >= 11 is 0. The normalized spacial score (nSPS) is 16.4. The lowest BCUT2D eigenvalue weighted by molar-refractivity contribution is -0.114. The molecule has 1 heterocycles. The second-order valence-electron chi connectivity index (χ2n) is 6.22. The van der Waals surface area contributed by atoms with Crippen LogP contribution >= 0.6 is 0 Å². The van der Waals surface area contributed by atoms with Gasteiger partial charge in [0.1, 0.15) is 17.3 Å². The number of rotatable bonds is 4. The third kappa shape index (κ3) is 3.44. The van der Waals surface area contributed by atoms with Gasteiger partial charge in [-0.05, 0) is 60.2 Å². The number of anilines is 2. The molecule has 5 heteroatoms. The first-order valence-electron chi connectivity index (χ1n) is 8.50. The van der Waals surface area contributed by atoms with E-state index < -0.39 is 0 Å². The third-order valence-corrected chi connectivity index (χ3v) is 4.42. The highest BCUT2D eigenvalue weighted by Gasteiger charge is 2.34. The quantitative estimate of drug-likeness (QED) is 0.704. The summed E-state index contributed by atoms with van der Waals surface area (Å²) in [4.78, 5) is 14.7. The standard InChI is InChI=1S/C22H16F2N2O/c23-16-6-10-18(11-7-16)25-20-14-21(15-4-2-1-3-5-15)26(22(20)27)19-12-8-17(24)9-13-19/h1-14,21,25H/t21-/m1/s1. The van der Waals surface area contributed by atoms with Crippen molar-refractivity contribution >= 4 is 17.3 Å². The zero-order valence-corrected chi connectivity index (χ0v) is 14.3. The zero-order chi connectivity index (χ0) is 18.8. The minimum absolute atomic E-state index is 0.236. The summed E-state index contributed by atoms with van der Waals surface area (Å²) in [5.41, 5.74) is 2.54. The molecule has 0 saturated carbocycles. The second-order valence-corrected chi connectivity index (χ2v) is 6.22. The van der Waals surface area contributed by atoms with Crippen LogP contribution in [0.5, 0.6) is 0 Å². The van der Waals surface area contributed by atoms with Crippen LogP contribution in [0.25, 0.3) is 0 Å². The van der Waals surface area contributed by atoms with Gasteiger partial charge >= 0.3 is 0 Å². The van der Waals surface area contributed by atoms with E-state index in [9.17, 15) is 13.6 Å². The van der Waals surface area contributed by atoms with E-state index in [0.29, 0.717) is 17.1 Å². The maximum absolute atomic E-state index is 13.3. The highest BCUT2D eigenvalue weighted by molar-refractivity contribution is 6.11. The number of hydrogen-bond acceptors (Lipinski definition) is 2. The molecule has 0 fully saturated rings. The molecule has 0 aliphatic carbocycles. The molecule has 0 saturated heterocycles. The molecule has 0 unspecified atom stereocenters. The molecule has 1 aliphatic rings. The lowest BCUT2D eigenvalue weighted by Crippen LogP contribution is -2.30. The van der Waals surface area contributed by atoms with Crippen LogP contribution in [0.1, 0.15) is 11.6 Å². The zero-order valence-electron chi connectivity index (χ0n) is 14.3. The Hall–Kier alpha value is -3.47. The smallest absolute Gasteiger partial charge is 0.275 e. The first-order chi connectivity index (χ1) is 13.1. The van der Waals surface area contributed by atoms with Gasteiger partial charge in [0.25, 0.3) is 5.91 Å². The lowest BCUT2D eigenvalue weighted by atomic mass is 10.1. The Balaban J connectivity index is 1.71. The van der Waals surface area contributed by atoms with Crippen molar-refractivity contribution < 1.29 is 13.6 Å². The summed E-state index contributed by atoms with van der Waals surface area (Å²) in [7, 11) is 0. The van der Waals surface area contributed by atoms with E-state index in [-0.39, 0.29) is 23.6 Å². The molecule has 4 rings (SSSR count). The van der Waals surface area contributed by atoms with Gasteiger partial charge < -0.3 is 5.32 Å². The summed E-state index contributed by atoms with van der Waals surface area (Å²) in [6.07, 6.45) is 1.82. The van der Waals surface area contributed by atoms with Gasteiger partial charge in [0.05, 0.1) is 6.04 Å². The first-order valence-corrected chi connectivity index (χ1v) is 8.50. The van der Waals surface area contributed by atoms with Crippen molar-refractivity contribution in [2.24, 2.45) is 0 Å². The fourth-order valence-electron chi connectivity index (χ4n) is 3.12. The summed E-state index contributed by atoms with van der Waals surface area (Å²) in [6.45, 7) is 0. The van der Waals surface area contributed by atoms with Gasteiger partial charge in [-0.3, -0.25) is 9.69 Å². The van der Waals surface area contributed by atoms with Crippen molar-refractivity contribution in [1.29, 1.82) is 0 Å².